The van der Waals surface area contributed by atoms with Gasteiger partial charge in [0.25, 0.3) is 0 Å². The van der Waals surface area contributed by atoms with Crippen LogP contribution in [0.1, 0.15) is 11.1 Å². The lowest BCUT2D eigenvalue weighted by atomic mass is 10.1. The molecule has 1 N–H and O–H groups in total. The Labute approximate surface area is 104 Å². The van der Waals surface area contributed by atoms with E-state index in [1.165, 1.54) is 0 Å². The molecule has 1 amide bonds. The molecule has 0 unspecified atom stereocenters. The fraction of sp³-hybridized carbons (Fsp3) is 0.364. The van der Waals surface area contributed by atoms with Gasteiger partial charge in [-0.25, -0.2) is 0 Å². The smallest absolute Gasteiger partial charge is 0.235 e. The van der Waals surface area contributed by atoms with Gasteiger partial charge < -0.3 is 10.1 Å². The minimum atomic E-state index is -0.201. The highest BCUT2D eigenvalue weighted by molar-refractivity contribution is 6.30. The first-order valence-electron chi connectivity index (χ1n) is 4.97. The Morgan fingerprint density at radius 3 is 3.06 bits per heavy atom. The molecule has 0 saturated carbocycles. The number of fused-ring (bicyclic) bond motifs is 1. The van der Waals surface area contributed by atoms with E-state index in [2.05, 4.69) is 5.32 Å². The first kappa shape index (κ1) is 11.6. The number of benzene rings is 1. The standard InChI is InChI=1S/C11H11Cl2NO2/c12-5-10(15)14-6-8-4-9(13)3-7-1-2-16-11(7)8/h3-4H,1-2,5-6H2,(H,14,15). The zero-order chi connectivity index (χ0) is 11.5. The maximum Gasteiger partial charge on any atom is 0.235 e. The number of carbonyl (C=O) groups excluding carboxylic acids is 1. The third-order valence-corrected chi connectivity index (χ3v) is 2.88. The monoisotopic (exact) mass is 259 g/mol. The molecule has 0 aromatic heterocycles. The summed E-state index contributed by atoms with van der Waals surface area (Å²) in [6.07, 6.45) is 0.867. The molecule has 86 valence electrons. The Balaban J connectivity index is 2.17. The molecule has 1 aromatic rings. The zero-order valence-corrected chi connectivity index (χ0v) is 10.1. The second kappa shape index (κ2) is 4.93. The lowest BCUT2D eigenvalue weighted by Crippen LogP contribution is -2.23. The molecule has 0 radical (unpaired) electrons. The van der Waals surface area contributed by atoms with Gasteiger partial charge in [0.15, 0.2) is 0 Å². The maximum absolute atomic E-state index is 11.1. The van der Waals surface area contributed by atoms with E-state index in [1.807, 2.05) is 6.07 Å². The van der Waals surface area contributed by atoms with Crippen molar-refractivity contribution in [1.29, 1.82) is 0 Å². The van der Waals surface area contributed by atoms with E-state index < -0.39 is 0 Å². The third kappa shape index (κ3) is 2.42. The highest BCUT2D eigenvalue weighted by Gasteiger charge is 2.17. The number of halogens is 2. The van der Waals surface area contributed by atoms with E-state index in [9.17, 15) is 4.79 Å². The number of hydrogen-bond acceptors (Lipinski definition) is 2. The van der Waals surface area contributed by atoms with Gasteiger partial charge in [-0.3, -0.25) is 4.79 Å². The molecule has 0 spiro atoms. The van der Waals surface area contributed by atoms with Gasteiger partial charge >= 0.3 is 0 Å². The van der Waals surface area contributed by atoms with Crippen molar-refractivity contribution in [3.63, 3.8) is 0 Å². The number of hydrogen-bond donors (Lipinski definition) is 1. The first-order valence-corrected chi connectivity index (χ1v) is 5.88. The normalized spacial score (nSPS) is 13.1. The molecule has 1 aliphatic rings. The third-order valence-electron chi connectivity index (χ3n) is 2.42. The van der Waals surface area contributed by atoms with Crippen molar-refractivity contribution < 1.29 is 9.53 Å². The lowest BCUT2D eigenvalue weighted by Gasteiger charge is -2.09. The van der Waals surface area contributed by atoms with Crippen LogP contribution in [0.4, 0.5) is 0 Å². The second-order valence-electron chi connectivity index (χ2n) is 3.56. The van der Waals surface area contributed by atoms with Crippen molar-refractivity contribution in [2.24, 2.45) is 0 Å². The van der Waals surface area contributed by atoms with Crippen molar-refractivity contribution in [1.82, 2.24) is 5.32 Å². The van der Waals surface area contributed by atoms with Gasteiger partial charge in [-0.15, -0.1) is 11.6 Å². The number of rotatable bonds is 3. The summed E-state index contributed by atoms with van der Waals surface area (Å²) in [4.78, 5) is 11.1. The molecule has 16 heavy (non-hydrogen) atoms. The molecule has 0 bridgehead atoms. The van der Waals surface area contributed by atoms with E-state index in [0.717, 1.165) is 23.3 Å². The lowest BCUT2D eigenvalue weighted by molar-refractivity contribution is -0.118. The molecule has 5 heteroatoms. The predicted molar refractivity (Wildman–Crippen MR) is 63.2 cm³/mol. The Bertz CT molecular complexity index is 421. The van der Waals surface area contributed by atoms with E-state index >= 15 is 0 Å². The van der Waals surface area contributed by atoms with Crippen molar-refractivity contribution in [3.8, 4) is 5.75 Å². The molecular weight excluding hydrogens is 249 g/mol. The van der Waals surface area contributed by atoms with Gasteiger partial charge in [0.05, 0.1) is 6.61 Å². The number of ether oxygens (including phenoxy) is 1. The van der Waals surface area contributed by atoms with E-state index in [-0.39, 0.29) is 11.8 Å². The van der Waals surface area contributed by atoms with Crippen LogP contribution in [0, 0.1) is 0 Å². The van der Waals surface area contributed by atoms with Crippen LogP contribution in [0.5, 0.6) is 5.75 Å². The quantitative estimate of drug-likeness (QED) is 0.845. The maximum atomic E-state index is 11.1. The molecule has 1 aliphatic heterocycles. The van der Waals surface area contributed by atoms with Gasteiger partial charge in [-0.05, 0) is 17.7 Å². The number of alkyl halides is 1. The van der Waals surface area contributed by atoms with Gasteiger partial charge in [0.2, 0.25) is 5.91 Å². The summed E-state index contributed by atoms with van der Waals surface area (Å²) in [6.45, 7) is 1.07. The fourth-order valence-electron chi connectivity index (χ4n) is 1.72. The van der Waals surface area contributed by atoms with Crippen LogP contribution in [0.15, 0.2) is 12.1 Å². The Hall–Kier alpha value is -0.930. The van der Waals surface area contributed by atoms with Gasteiger partial charge in [-0.2, -0.15) is 0 Å². The summed E-state index contributed by atoms with van der Waals surface area (Å²) in [5.74, 6) is 0.608. The molecule has 0 saturated heterocycles. The van der Waals surface area contributed by atoms with Crippen molar-refractivity contribution in [2.45, 2.75) is 13.0 Å². The molecule has 3 nitrogen and oxygen atoms in total. The minimum absolute atomic E-state index is 0.0381. The van der Waals surface area contributed by atoms with E-state index in [0.29, 0.717) is 18.2 Å². The van der Waals surface area contributed by atoms with Crippen LogP contribution in [0.25, 0.3) is 0 Å². The average Bonchev–Trinajstić information content (AvgIpc) is 2.73. The average molecular weight is 260 g/mol. The first-order chi connectivity index (χ1) is 7.70. The number of amides is 1. The fourth-order valence-corrected chi connectivity index (χ4v) is 2.08. The zero-order valence-electron chi connectivity index (χ0n) is 8.56. The van der Waals surface area contributed by atoms with Crippen LogP contribution < -0.4 is 10.1 Å². The topological polar surface area (TPSA) is 38.3 Å². The summed E-state index contributed by atoms with van der Waals surface area (Å²) in [6, 6.07) is 3.71. The summed E-state index contributed by atoms with van der Waals surface area (Å²) >= 11 is 11.4. The summed E-state index contributed by atoms with van der Waals surface area (Å²) < 4.78 is 5.51. The second-order valence-corrected chi connectivity index (χ2v) is 4.27. The Morgan fingerprint density at radius 1 is 1.50 bits per heavy atom. The highest BCUT2D eigenvalue weighted by Crippen LogP contribution is 2.32. The Morgan fingerprint density at radius 2 is 2.31 bits per heavy atom. The van der Waals surface area contributed by atoms with Crippen molar-refractivity contribution in [2.75, 3.05) is 12.5 Å². The van der Waals surface area contributed by atoms with Crippen LogP contribution in [-0.4, -0.2) is 18.4 Å². The molecule has 0 aliphatic carbocycles. The van der Waals surface area contributed by atoms with E-state index in [1.54, 1.807) is 6.07 Å². The summed E-state index contributed by atoms with van der Waals surface area (Å²) in [5, 5.41) is 3.36. The molecule has 1 aromatic carbocycles. The minimum Gasteiger partial charge on any atom is -0.493 e. The number of carbonyl (C=O) groups is 1. The SMILES string of the molecule is O=C(CCl)NCc1cc(Cl)cc2c1OCC2. The van der Waals surface area contributed by atoms with Crippen molar-refractivity contribution >= 4 is 29.1 Å². The van der Waals surface area contributed by atoms with Crippen LogP contribution in [0.2, 0.25) is 5.02 Å². The molecule has 1 heterocycles. The van der Waals surface area contributed by atoms with Crippen LogP contribution >= 0.6 is 23.2 Å². The van der Waals surface area contributed by atoms with Crippen LogP contribution in [0.3, 0.4) is 0 Å². The van der Waals surface area contributed by atoms with Crippen molar-refractivity contribution in [3.05, 3.63) is 28.3 Å². The molecule has 0 fully saturated rings. The largest absolute Gasteiger partial charge is 0.493 e. The van der Waals surface area contributed by atoms with Gasteiger partial charge in [-0.1, -0.05) is 11.6 Å². The molecular formula is C11H11Cl2NO2. The van der Waals surface area contributed by atoms with Crippen LogP contribution in [-0.2, 0) is 17.8 Å². The molecule has 0 atom stereocenters. The highest BCUT2D eigenvalue weighted by atomic mass is 35.5. The Kier molecular flexibility index (Phi) is 3.56. The molecule has 2 rings (SSSR count). The summed E-state index contributed by atoms with van der Waals surface area (Å²) in [7, 11) is 0. The van der Waals surface area contributed by atoms with Gasteiger partial charge in [0.1, 0.15) is 11.6 Å². The van der Waals surface area contributed by atoms with E-state index in [4.69, 9.17) is 27.9 Å². The van der Waals surface area contributed by atoms with Gasteiger partial charge in [0, 0.05) is 23.6 Å². The summed E-state index contributed by atoms with van der Waals surface area (Å²) in [5.41, 5.74) is 2.00. The predicted octanol–water partition coefficient (Wildman–Crippen LogP) is 2.13. The number of nitrogens with one attached hydrogen (secondary N) is 1.